The molecule has 0 amide bonds. The van der Waals surface area contributed by atoms with Gasteiger partial charge in [-0.15, -0.1) is 4.48 Å². The molecule has 0 spiro atoms. The van der Waals surface area contributed by atoms with Crippen molar-refractivity contribution in [1.82, 2.24) is 5.54 Å². The summed E-state index contributed by atoms with van der Waals surface area (Å²) in [5, 5.41) is 9.82. The summed E-state index contributed by atoms with van der Waals surface area (Å²) in [6.07, 6.45) is -3.16. The molecular weight excluding hydrogens is 526 g/mol. The van der Waals surface area contributed by atoms with E-state index in [1.165, 1.54) is 0 Å². The number of nitrogens with one attached hydrogen (secondary N) is 1. The molecule has 0 bridgehead atoms. The highest BCUT2D eigenvalue weighted by Gasteiger charge is 2.54. The number of rotatable bonds is 19. The fraction of sp³-hybridized carbons (Fsp3) is 0.962. The van der Waals surface area contributed by atoms with Crippen LogP contribution in [0.25, 0.3) is 0 Å². The van der Waals surface area contributed by atoms with Gasteiger partial charge in [0.25, 0.3) is 0 Å². The SMILES string of the molecule is CC[Si](CC)(CC)O[C@@H]1[C@@H](O[Si](CC)(CC)CC)[C@@H](CNF)O[C@H](CC(=O)O)[C@H]1O[Si](CC)(CC)CC. The Morgan fingerprint density at radius 3 is 1.30 bits per heavy atom. The van der Waals surface area contributed by atoms with E-state index in [4.69, 9.17) is 18.0 Å². The first-order valence-corrected chi connectivity index (χ1v) is 22.4. The lowest BCUT2D eigenvalue weighted by Crippen LogP contribution is -2.67. The molecule has 0 aromatic rings. The van der Waals surface area contributed by atoms with Crippen LogP contribution in [0.2, 0.25) is 54.4 Å². The third-order valence-electron chi connectivity index (χ3n) is 9.34. The minimum Gasteiger partial charge on any atom is -0.481 e. The normalized spacial score (nSPS) is 25.4. The molecule has 37 heavy (non-hydrogen) atoms. The summed E-state index contributed by atoms with van der Waals surface area (Å²) in [6, 6.07) is 8.46. The van der Waals surface area contributed by atoms with Crippen molar-refractivity contribution in [2.75, 3.05) is 6.54 Å². The summed E-state index contributed by atoms with van der Waals surface area (Å²) < 4.78 is 41.4. The smallest absolute Gasteiger partial charge is 0.306 e. The Morgan fingerprint density at radius 1 is 0.676 bits per heavy atom. The monoisotopic (exact) mass is 581 g/mol. The van der Waals surface area contributed by atoms with Crippen LogP contribution in [0.15, 0.2) is 0 Å². The molecule has 11 heteroatoms. The fourth-order valence-electron chi connectivity index (χ4n) is 5.85. The van der Waals surface area contributed by atoms with Crippen molar-refractivity contribution in [2.45, 2.75) is 154 Å². The van der Waals surface area contributed by atoms with Crippen LogP contribution in [-0.4, -0.2) is 73.1 Å². The molecule has 0 unspecified atom stereocenters. The van der Waals surface area contributed by atoms with Crippen LogP contribution >= 0.6 is 0 Å². The number of carboxylic acid groups (broad SMARTS) is 1. The van der Waals surface area contributed by atoms with E-state index >= 15 is 0 Å². The average molecular weight is 582 g/mol. The van der Waals surface area contributed by atoms with Crippen molar-refractivity contribution in [1.29, 1.82) is 0 Å². The molecule has 0 saturated carbocycles. The number of halogens is 1. The van der Waals surface area contributed by atoms with E-state index in [2.05, 4.69) is 62.3 Å². The third-order valence-corrected chi connectivity index (χ3v) is 23.3. The average Bonchev–Trinajstić information content (AvgIpc) is 2.91. The lowest BCUT2D eigenvalue weighted by atomic mass is 9.93. The molecule has 1 aliphatic rings. The van der Waals surface area contributed by atoms with Gasteiger partial charge in [-0.2, -0.15) is 5.54 Å². The van der Waals surface area contributed by atoms with E-state index in [1.807, 2.05) is 0 Å². The van der Waals surface area contributed by atoms with Crippen molar-refractivity contribution in [3.8, 4) is 0 Å². The molecule has 0 radical (unpaired) electrons. The lowest BCUT2D eigenvalue weighted by molar-refractivity contribution is -0.212. The molecule has 2 N–H and O–H groups in total. The Balaban J connectivity index is 3.80. The summed E-state index contributed by atoms with van der Waals surface area (Å²) in [5.74, 6) is -0.954. The van der Waals surface area contributed by atoms with Crippen LogP contribution in [0.4, 0.5) is 4.48 Å². The molecule has 7 nitrogen and oxygen atoms in total. The number of carboxylic acids is 1. The molecule has 220 valence electrons. The van der Waals surface area contributed by atoms with E-state index in [-0.39, 0.29) is 13.0 Å². The minimum atomic E-state index is -2.17. The van der Waals surface area contributed by atoms with Gasteiger partial charge in [0.1, 0.15) is 18.3 Å². The first-order valence-electron chi connectivity index (χ1n) is 14.8. The second-order valence-electron chi connectivity index (χ2n) is 10.6. The predicted octanol–water partition coefficient (Wildman–Crippen LogP) is 6.87. The molecule has 1 rings (SSSR count). The third kappa shape index (κ3) is 8.67. The maximum absolute atomic E-state index is 13.7. The Bertz CT molecular complexity index is 639. The summed E-state index contributed by atoms with van der Waals surface area (Å²) in [4.78, 5) is 12.0. The van der Waals surface area contributed by atoms with E-state index in [9.17, 15) is 14.4 Å². The highest BCUT2D eigenvalue weighted by molar-refractivity contribution is 6.74. The predicted molar refractivity (Wildman–Crippen MR) is 156 cm³/mol. The topological polar surface area (TPSA) is 86.2 Å². The minimum absolute atomic E-state index is 0.0776. The van der Waals surface area contributed by atoms with Crippen molar-refractivity contribution < 1.29 is 32.4 Å². The molecule has 0 aromatic carbocycles. The summed E-state index contributed by atoms with van der Waals surface area (Å²) in [6.45, 7) is 19.5. The number of ether oxygens (including phenoxy) is 1. The largest absolute Gasteiger partial charge is 0.481 e. The van der Waals surface area contributed by atoms with Gasteiger partial charge in [0.15, 0.2) is 25.0 Å². The van der Waals surface area contributed by atoms with Gasteiger partial charge in [-0.3, -0.25) is 4.79 Å². The van der Waals surface area contributed by atoms with E-state index in [1.54, 1.807) is 5.54 Å². The fourth-order valence-corrected chi connectivity index (χ4v) is 14.4. The van der Waals surface area contributed by atoms with Gasteiger partial charge < -0.3 is 23.1 Å². The zero-order chi connectivity index (χ0) is 28.3. The first kappa shape index (κ1) is 34.9. The maximum Gasteiger partial charge on any atom is 0.306 e. The molecule has 0 aromatic heterocycles. The Labute approximate surface area is 228 Å². The number of hydrogen-bond donors (Lipinski definition) is 2. The Morgan fingerprint density at radius 2 is 1.00 bits per heavy atom. The maximum atomic E-state index is 13.7. The second-order valence-corrected chi connectivity index (χ2v) is 24.8. The van der Waals surface area contributed by atoms with Gasteiger partial charge in [0, 0.05) is 0 Å². The standard InChI is InChI=1S/C26H56FNO6Si3/c1-10-35(11-2,12-3)32-24-21(19-23(29)30)31-22(20-28-27)25(33-36(13-4,14-5)15-6)26(24)34-37(16-7,17-8)18-9/h21-22,24-26,28H,10-20H2,1-9H3,(H,29,30)/t21-,22-,24-,25+,26+/m1/s1. The molecule has 1 saturated heterocycles. The number of carbonyl (C=O) groups is 1. The summed E-state index contributed by atoms with van der Waals surface area (Å²) >= 11 is 0. The number of aliphatic carboxylic acids is 1. The van der Waals surface area contributed by atoms with Gasteiger partial charge in [-0.25, -0.2) is 0 Å². The number of hydrogen-bond acceptors (Lipinski definition) is 6. The van der Waals surface area contributed by atoms with Crippen LogP contribution < -0.4 is 5.54 Å². The molecule has 1 fully saturated rings. The zero-order valence-corrected chi connectivity index (χ0v) is 28.0. The van der Waals surface area contributed by atoms with E-state index in [0.717, 1.165) is 54.4 Å². The molecule has 0 aliphatic carbocycles. The summed E-state index contributed by atoms with van der Waals surface area (Å²) in [7, 11) is -6.49. The highest BCUT2D eigenvalue weighted by Crippen LogP contribution is 2.39. The van der Waals surface area contributed by atoms with Crippen LogP contribution in [-0.2, 0) is 22.8 Å². The van der Waals surface area contributed by atoms with Gasteiger partial charge in [-0.05, 0) is 54.4 Å². The first-order chi connectivity index (χ1) is 17.6. The van der Waals surface area contributed by atoms with Crippen molar-refractivity contribution in [3.63, 3.8) is 0 Å². The quantitative estimate of drug-likeness (QED) is 0.127. The molecule has 5 atom stereocenters. The molecular formula is C26H56FNO6Si3. The van der Waals surface area contributed by atoms with Gasteiger partial charge >= 0.3 is 5.97 Å². The lowest BCUT2D eigenvalue weighted by Gasteiger charge is -2.53. The van der Waals surface area contributed by atoms with Gasteiger partial charge in [0.05, 0.1) is 25.2 Å². The van der Waals surface area contributed by atoms with Crippen LogP contribution in [0.1, 0.15) is 68.7 Å². The Kier molecular flexibility index (Phi) is 15.3. The van der Waals surface area contributed by atoms with Crippen molar-refractivity contribution >= 4 is 30.9 Å². The van der Waals surface area contributed by atoms with E-state index in [0.29, 0.717) is 0 Å². The van der Waals surface area contributed by atoms with Crippen LogP contribution in [0.3, 0.4) is 0 Å². The van der Waals surface area contributed by atoms with E-state index < -0.39 is 61.4 Å². The molecule has 1 heterocycles. The van der Waals surface area contributed by atoms with Crippen LogP contribution in [0, 0.1) is 0 Å². The zero-order valence-electron chi connectivity index (χ0n) is 25.0. The van der Waals surface area contributed by atoms with Crippen molar-refractivity contribution in [3.05, 3.63) is 0 Å². The van der Waals surface area contributed by atoms with Crippen molar-refractivity contribution in [2.24, 2.45) is 0 Å². The second kappa shape index (κ2) is 16.2. The Hall–Kier alpha value is -0.149. The highest BCUT2D eigenvalue weighted by atomic mass is 28.4. The summed E-state index contributed by atoms with van der Waals surface area (Å²) in [5.41, 5.74) is 1.79. The molecule has 1 aliphatic heterocycles. The van der Waals surface area contributed by atoms with Crippen LogP contribution in [0.5, 0.6) is 0 Å². The van der Waals surface area contributed by atoms with Gasteiger partial charge in [-0.1, -0.05) is 62.3 Å². The van der Waals surface area contributed by atoms with Gasteiger partial charge in [0.2, 0.25) is 0 Å².